The largest absolute Gasteiger partial charge is 0.393 e. The number of hydrogen-bond donors (Lipinski definition) is 2. The average molecular weight is 348 g/mol. The molecule has 4 heteroatoms. The molecule has 0 aliphatic heterocycles. The molecule has 4 saturated carbocycles. The van der Waals surface area contributed by atoms with Gasteiger partial charge in [-0.2, -0.15) is 0 Å². The van der Waals surface area contributed by atoms with E-state index in [1.54, 1.807) is 0 Å². The van der Waals surface area contributed by atoms with E-state index in [1.807, 2.05) is 0 Å². The minimum absolute atomic E-state index is 0.0428. The van der Waals surface area contributed by atoms with Gasteiger partial charge in [0.05, 0.1) is 6.10 Å². The van der Waals surface area contributed by atoms with Gasteiger partial charge in [-0.3, -0.25) is 9.59 Å². The highest BCUT2D eigenvalue weighted by Crippen LogP contribution is 2.67. The summed E-state index contributed by atoms with van der Waals surface area (Å²) in [6.07, 6.45) is 6.62. The van der Waals surface area contributed by atoms with E-state index in [0.29, 0.717) is 42.8 Å². The zero-order valence-corrected chi connectivity index (χ0v) is 15.5. The monoisotopic (exact) mass is 348 g/mol. The zero-order valence-electron chi connectivity index (χ0n) is 15.5. The molecule has 0 spiro atoms. The summed E-state index contributed by atoms with van der Waals surface area (Å²) in [7, 11) is 0. The van der Waals surface area contributed by atoms with Crippen LogP contribution in [0.5, 0.6) is 0 Å². The van der Waals surface area contributed by atoms with Crippen molar-refractivity contribution in [3.8, 4) is 0 Å². The lowest BCUT2D eigenvalue weighted by Crippen LogP contribution is -2.59. The van der Waals surface area contributed by atoms with Crippen molar-refractivity contribution in [2.45, 2.75) is 71.3 Å². The van der Waals surface area contributed by atoms with Gasteiger partial charge in [0.1, 0.15) is 12.4 Å². The lowest BCUT2D eigenvalue weighted by molar-refractivity contribution is -0.174. The lowest BCUT2D eigenvalue weighted by atomic mass is 9.44. The minimum Gasteiger partial charge on any atom is -0.393 e. The molecule has 140 valence electrons. The Bertz CT molecular complexity index is 586. The molecule has 0 heterocycles. The molecule has 4 rings (SSSR count). The van der Waals surface area contributed by atoms with E-state index in [4.69, 9.17) is 0 Å². The average Bonchev–Trinajstić information content (AvgIpc) is 2.91. The van der Waals surface area contributed by atoms with Crippen LogP contribution in [-0.2, 0) is 9.59 Å². The van der Waals surface area contributed by atoms with Gasteiger partial charge in [-0.15, -0.1) is 0 Å². The van der Waals surface area contributed by atoms with Gasteiger partial charge in [0, 0.05) is 18.8 Å². The molecular formula is C21H32O4. The summed E-state index contributed by atoms with van der Waals surface area (Å²) < 4.78 is 0. The molecule has 0 unspecified atom stereocenters. The Hall–Kier alpha value is -0.740. The first-order chi connectivity index (χ1) is 11.8. The fraction of sp³-hybridized carbons (Fsp3) is 0.905. The maximum atomic E-state index is 12.3. The van der Waals surface area contributed by atoms with Crippen molar-refractivity contribution in [3.63, 3.8) is 0 Å². The van der Waals surface area contributed by atoms with Crippen LogP contribution < -0.4 is 0 Å². The maximum Gasteiger partial charge on any atom is 0.161 e. The molecule has 0 aromatic carbocycles. The predicted octanol–water partition coefficient (Wildman–Crippen LogP) is 2.75. The first-order valence-corrected chi connectivity index (χ1v) is 10.1. The van der Waals surface area contributed by atoms with Crippen LogP contribution in [0.3, 0.4) is 0 Å². The van der Waals surface area contributed by atoms with Crippen molar-refractivity contribution >= 4 is 11.6 Å². The first kappa shape index (κ1) is 17.7. The van der Waals surface area contributed by atoms with Crippen molar-refractivity contribution in [1.29, 1.82) is 0 Å². The summed E-state index contributed by atoms with van der Waals surface area (Å²) in [5.74, 6) is 1.86. The third-order valence-corrected chi connectivity index (χ3v) is 8.95. The topological polar surface area (TPSA) is 74.6 Å². The van der Waals surface area contributed by atoms with E-state index in [-0.39, 0.29) is 41.2 Å². The van der Waals surface area contributed by atoms with E-state index >= 15 is 0 Å². The lowest BCUT2D eigenvalue weighted by Gasteiger charge is -2.61. The summed E-state index contributed by atoms with van der Waals surface area (Å²) in [5, 5.41) is 20.6. The number of hydrogen-bond acceptors (Lipinski definition) is 4. The van der Waals surface area contributed by atoms with Gasteiger partial charge >= 0.3 is 0 Å². The summed E-state index contributed by atoms with van der Waals surface area (Å²) in [5.41, 5.74) is -0.106. The van der Waals surface area contributed by atoms with Crippen LogP contribution in [0.1, 0.15) is 65.2 Å². The number of aliphatic hydroxyl groups is 2. The molecule has 4 aliphatic carbocycles. The Morgan fingerprint density at radius 1 is 1.16 bits per heavy atom. The van der Waals surface area contributed by atoms with Gasteiger partial charge in [0.2, 0.25) is 0 Å². The molecule has 4 nitrogen and oxygen atoms in total. The zero-order chi connectivity index (χ0) is 18.0. The number of aliphatic hydroxyl groups excluding tert-OH is 2. The van der Waals surface area contributed by atoms with Gasteiger partial charge in [-0.25, -0.2) is 0 Å². The third kappa shape index (κ3) is 2.39. The first-order valence-electron chi connectivity index (χ1n) is 10.1. The van der Waals surface area contributed by atoms with Gasteiger partial charge in [0.25, 0.3) is 0 Å². The summed E-state index contributed by atoms with van der Waals surface area (Å²) in [6.45, 7) is 4.12. The quantitative estimate of drug-likeness (QED) is 0.805. The molecular weight excluding hydrogens is 316 g/mol. The van der Waals surface area contributed by atoms with Crippen LogP contribution in [0.25, 0.3) is 0 Å². The van der Waals surface area contributed by atoms with Gasteiger partial charge in [-0.05, 0) is 73.0 Å². The Morgan fingerprint density at radius 2 is 1.92 bits per heavy atom. The highest BCUT2D eigenvalue weighted by Gasteiger charge is 2.63. The molecule has 2 N–H and O–H groups in total. The molecule has 0 bridgehead atoms. The number of fused-ring (bicyclic) bond motifs is 5. The Labute approximate surface area is 150 Å². The predicted molar refractivity (Wildman–Crippen MR) is 93.7 cm³/mol. The van der Waals surface area contributed by atoms with Crippen LogP contribution in [0, 0.1) is 40.4 Å². The summed E-state index contributed by atoms with van der Waals surface area (Å²) >= 11 is 0. The van der Waals surface area contributed by atoms with Crippen LogP contribution >= 0.6 is 0 Å². The van der Waals surface area contributed by atoms with Crippen molar-refractivity contribution < 1.29 is 19.8 Å². The van der Waals surface area contributed by atoms with Crippen LogP contribution in [0.2, 0.25) is 0 Å². The molecule has 4 fully saturated rings. The number of carbonyl (C=O) groups is 2. The summed E-state index contributed by atoms with van der Waals surface area (Å²) in [6, 6.07) is 0. The Kier molecular flexibility index (Phi) is 4.16. The van der Waals surface area contributed by atoms with Crippen LogP contribution in [0.4, 0.5) is 0 Å². The number of Topliss-reactive ketones (excluding diaryl/α,β-unsaturated/α-hetero) is 2. The van der Waals surface area contributed by atoms with E-state index in [2.05, 4.69) is 13.8 Å². The fourth-order valence-corrected chi connectivity index (χ4v) is 7.81. The molecule has 0 saturated heterocycles. The van der Waals surface area contributed by atoms with Crippen LogP contribution in [0.15, 0.2) is 0 Å². The Balaban J connectivity index is 1.66. The second-order valence-corrected chi connectivity index (χ2v) is 9.85. The van der Waals surface area contributed by atoms with E-state index in [0.717, 1.165) is 32.1 Å². The molecule has 4 aliphatic rings. The molecule has 25 heavy (non-hydrogen) atoms. The Morgan fingerprint density at radius 3 is 2.64 bits per heavy atom. The fourth-order valence-electron chi connectivity index (χ4n) is 7.81. The van der Waals surface area contributed by atoms with Gasteiger partial charge in [0.15, 0.2) is 5.78 Å². The summed E-state index contributed by atoms with van der Waals surface area (Å²) in [4.78, 5) is 24.3. The number of rotatable bonds is 2. The minimum atomic E-state index is -0.389. The third-order valence-electron chi connectivity index (χ3n) is 8.95. The van der Waals surface area contributed by atoms with Crippen molar-refractivity contribution in [3.05, 3.63) is 0 Å². The van der Waals surface area contributed by atoms with E-state index < -0.39 is 0 Å². The van der Waals surface area contributed by atoms with Gasteiger partial charge in [-0.1, -0.05) is 13.8 Å². The van der Waals surface area contributed by atoms with Gasteiger partial charge < -0.3 is 10.2 Å². The van der Waals surface area contributed by atoms with E-state index in [9.17, 15) is 19.8 Å². The second kappa shape index (κ2) is 5.88. The number of ketones is 2. The standard InChI is InChI=1S/C21H32O4/c1-20-8-7-13(23)9-12(20)3-4-14-15-5-6-16(18(25)11-22)21(15,2)10-17(24)19(14)20/h12,14-17,19,22,24H,3-11H2,1-2H3/t12-,14+,15+,16-,17-,19-,20+,21+/m1/s1. The van der Waals surface area contributed by atoms with Crippen molar-refractivity contribution in [2.24, 2.45) is 40.4 Å². The smallest absolute Gasteiger partial charge is 0.161 e. The number of carbonyl (C=O) groups excluding carboxylic acids is 2. The maximum absolute atomic E-state index is 12.3. The normalized spacial score (nSPS) is 52.2. The molecule has 0 amide bonds. The molecule has 0 aromatic heterocycles. The molecule has 0 aromatic rings. The second-order valence-electron chi connectivity index (χ2n) is 9.85. The van der Waals surface area contributed by atoms with Crippen molar-refractivity contribution in [2.75, 3.05) is 6.61 Å². The van der Waals surface area contributed by atoms with E-state index in [1.165, 1.54) is 0 Å². The highest BCUT2D eigenvalue weighted by atomic mass is 16.3. The van der Waals surface area contributed by atoms with Crippen LogP contribution in [-0.4, -0.2) is 34.5 Å². The SMILES string of the molecule is C[C@]12CCC(=O)C[C@H]1CC[C@@H]1[C@@H]2[C@H](O)C[C@]2(C)[C@@H](C(=O)CO)CC[C@@H]12. The molecule has 0 radical (unpaired) electrons. The molecule has 8 atom stereocenters. The highest BCUT2D eigenvalue weighted by molar-refractivity contribution is 5.83. The van der Waals surface area contributed by atoms with Crippen molar-refractivity contribution in [1.82, 2.24) is 0 Å².